The maximum atomic E-state index is 11.6. The zero-order chi connectivity index (χ0) is 20.0. The summed E-state index contributed by atoms with van der Waals surface area (Å²) in [5, 5.41) is 14.1. The van der Waals surface area contributed by atoms with Crippen LogP contribution in [0.25, 0.3) is 10.6 Å². The van der Waals surface area contributed by atoms with Crippen molar-refractivity contribution < 1.29 is 4.92 Å². The number of fused-ring (bicyclic) bond motifs is 2. The van der Waals surface area contributed by atoms with Crippen molar-refractivity contribution in [2.45, 2.75) is 13.0 Å². The molecule has 0 N–H and O–H groups in total. The van der Waals surface area contributed by atoms with Gasteiger partial charge in [-0.15, -0.1) is 0 Å². The summed E-state index contributed by atoms with van der Waals surface area (Å²) in [6.45, 7) is 3.85. The number of imidazole rings is 2. The van der Waals surface area contributed by atoms with Crippen molar-refractivity contribution in [1.82, 2.24) is 23.7 Å². The van der Waals surface area contributed by atoms with Gasteiger partial charge in [0.25, 0.3) is 4.96 Å². The van der Waals surface area contributed by atoms with Crippen molar-refractivity contribution in [3.63, 3.8) is 0 Å². The van der Waals surface area contributed by atoms with Crippen LogP contribution in [0.1, 0.15) is 12.1 Å². The normalized spacial score (nSPS) is 16.0. The Morgan fingerprint density at radius 2 is 2.07 bits per heavy atom. The van der Waals surface area contributed by atoms with Crippen molar-refractivity contribution in [3.8, 4) is 0 Å². The first kappa shape index (κ1) is 18.3. The third-order valence-corrected chi connectivity index (χ3v) is 6.11. The highest BCUT2D eigenvalue weighted by Crippen LogP contribution is 2.31. The molecule has 0 saturated carbocycles. The van der Waals surface area contributed by atoms with Crippen LogP contribution in [0, 0.1) is 10.1 Å². The summed E-state index contributed by atoms with van der Waals surface area (Å²) < 4.78 is 3.49. The lowest BCUT2D eigenvalue weighted by Crippen LogP contribution is -2.31. The lowest BCUT2D eigenvalue weighted by Gasteiger charge is -2.20. The molecule has 0 unspecified atom stereocenters. The Hall–Kier alpha value is -2.69. The Kier molecular flexibility index (Phi) is 4.61. The van der Waals surface area contributed by atoms with Crippen LogP contribution in [0.2, 0.25) is 5.02 Å². The molecule has 0 atom stereocenters. The Balaban J connectivity index is 1.33. The van der Waals surface area contributed by atoms with Gasteiger partial charge in [0.1, 0.15) is 11.8 Å². The molecule has 1 aliphatic rings. The fraction of sp³-hybridized carbons (Fsp3) is 0.333. The van der Waals surface area contributed by atoms with Crippen molar-refractivity contribution in [2.24, 2.45) is 0 Å². The number of aromatic nitrogens is 4. The molecule has 0 bridgehead atoms. The SMILES string of the molecule is O=[N+]([O-])c1c(N2CCCN(Cc3cn4cc(Cl)ccc4n3)CC2)nc2sccn12. The van der Waals surface area contributed by atoms with Gasteiger partial charge in [-0.3, -0.25) is 4.90 Å². The Morgan fingerprint density at radius 1 is 1.17 bits per heavy atom. The monoisotopic (exact) mass is 431 g/mol. The summed E-state index contributed by atoms with van der Waals surface area (Å²) in [7, 11) is 0. The van der Waals surface area contributed by atoms with Crippen LogP contribution in [-0.4, -0.2) is 54.8 Å². The second-order valence-electron chi connectivity index (χ2n) is 7.03. The van der Waals surface area contributed by atoms with Crippen molar-refractivity contribution in [1.29, 1.82) is 0 Å². The van der Waals surface area contributed by atoms with Crippen LogP contribution in [0.4, 0.5) is 11.6 Å². The quantitative estimate of drug-likeness (QED) is 0.364. The molecule has 5 heterocycles. The molecule has 0 radical (unpaired) electrons. The highest BCUT2D eigenvalue weighted by molar-refractivity contribution is 7.15. The molecule has 5 rings (SSSR count). The van der Waals surface area contributed by atoms with E-state index in [1.165, 1.54) is 11.3 Å². The van der Waals surface area contributed by atoms with Crippen LogP contribution in [-0.2, 0) is 6.54 Å². The number of halogens is 1. The average molecular weight is 432 g/mol. The summed E-state index contributed by atoms with van der Waals surface area (Å²) in [4.78, 5) is 25.5. The third-order valence-electron chi connectivity index (χ3n) is 5.13. The van der Waals surface area contributed by atoms with Crippen LogP contribution < -0.4 is 4.90 Å². The smallest absolute Gasteiger partial charge is 0.358 e. The van der Waals surface area contributed by atoms with E-state index < -0.39 is 0 Å². The van der Waals surface area contributed by atoms with E-state index in [1.807, 2.05) is 39.2 Å². The van der Waals surface area contributed by atoms with E-state index in [4.69, 9.17) is 11.6 Å². The van der Waals surface area contributed by atoms with Crippen molar-refractivity contribution in [2.75, 3.05) is 31.1 Å². The second-order valence-corrected chi connectivity index (χ2v) is 8.34. The summed E-state index contributed by atoms with van der Waals surface area (Å²) >= 11 is 7.46. The maximum Gasteiger partial charge on any atom is 0.373 e. The predicted molar refractivity (Wildman–Crippen MR) is 112 cm³/mol. The van der Waals surface area contributed by atoms with Crippen LogP contribution in [0.5, 0.6) is 0 Å². The number of hydrogen-bond acceptors (Lipinski definition) is 7. The van der Waals surface area contributed by atoms with E-state index in [-0.39, 0.29) is 10.7 Å². The average Bonchev–Trinajstić information content (AvgIpc) is 3.32. The summed E-state index contributed by atoms with van der Waals surface area (Å²) in [6.07, 6.45) is 6.45. The molecule has 29 heavy (non-hydrogen) atoms. The molecule has 9 nitrogen and oxygen atoms in total. The molecule has 150 valence electrons. The first-order chi connectivity index (χ1) is 14.1. The van der Waals surface area contributed by atoms with E-state index in [1.54, 1.807) is 10.6 Å². The molecule has 0 aromatic carbocycles. The van der Waals surface area contributed by atoms with Gasteiger partial charge < -0.3 is 19.4 Å². The first-order valence-electron chi connectivity index (χ1n) is 9.29. The lowest BCUT2D eigenvalue weighted by atomic mass is 10.3. The second kappa shape index (κ2) is 7.29. The summed E-state index contributed by atoms with van der Waals surface area (Å²) in [5.74, 6) is 0.512. The predicted octanol–water partition coefficient (Wildman–Crippen LogP) is 3.32. The number of nitro groups is 1. The highest BCUT2D eigenvalue weighted by atomic mass is 35.5. The largest absolute Gasteiger partial charge is 0.373 e. The molecule has 4 aromatic heterocycles. The van der Waals surface area contributed by atoms with Gasteiger partial charge >= 0.3 is 5.82 Å². The maximum absolute atomic E-state index is 11.6. The number of thiazole rings is 1. The molecule has 0 amide bonds. The van der Waals surface area contributed by atoms with Gasteiger partial charge in [0.05, 0.1) is 10.7 Å². The third kappa shape index (κ3) is 3.43. The highest BCUT2D eigenvalue weighted by Gasteiger charge is 2.29. The van der Waals surface area contributed by atoms with Gasteiger partial charge in [0, 0.05) is 50.5 Å². The van der Waals surface area contributed by atoms with E-state index in [0.29, 0.717) is 22.3 Å². The Morgan fingerprint density at radius 3 is 2.93 bits per heavy atom. The lowest BCUT2D eigenvalue weighted by molar-refractivity contribution is -0.389. The summed E-state index contributed by atoms with van der Waals surface area (Å²) in [6, 6.07) is 3.74. The molecular formula is C18H18ClN7O2S. The number of hydrogen-bond donors (Lipinski definition) is 0. The molecule has 1 fully saturated rings. The van der Waals surface area contributed by atoms with Gasteiger partial charge in [-0.05, 0) is 23.5 Å². The minimum atomic E-state index is -0.341. The van der Waals surface area contributed by atoms with Gasteiger partial charge in [-0.25, -0.2) is 4.98 Å². The van der Waals surface area contributed by atoms with Gasteiger partial charge in [0.2, 0.25) is 5.82 Å². The van der Waals surface area contributed by atoms with Crippen LogP contribution >= 0.6 is 22.9 Å². The topological polar surface area (TPSA) is 84.2 Å². The Bertz CT molecular complexity index is 1200. The molecule has 1 aliphatic heterocycles. The summed E-state index contributed by atoms with van der Waals surface area (Å²) in [5.41, 5.74) is 1.85. The molecule has 11 heteroatoms. The first-order valence-corrected chi connectivity index (χ1v) is 10.5. The van der Waals surface area contributed by atoms with Crippen LogP contribution in [0.15, 0.2) is 36.1 Å². The molecule has 0 spiro atoms. The Labute approximate surface area is 174 Å². The number of anilines is 1. The number of rotatable bonds is 4. The molecule has 4 aromatic rings. The van der Waals surface area contributed by atoms with Crippen LogP contribution in [0.3, 0.4) is 0 Å². The number of pyridine rings is 1. The van der Waals surface area contributed by atoms with E-state index in [2.05, 4.69) is 14.9 Å². The van der Waals surface area contributed by atoms with Crippen molar-refractivity contribution in [3.05, 3.63) is 56.9 Å². The standard InChI is InChI=1S/C18H18ClN7O2S/c19-13-2-3-15-20-14(12-24(15)10-13)11-22-4-1-5-23(7-6-22)16-17(26(27)28)25-8-9-29-18(25)21-16/h2-3,8-10,12H,1,4-7,11H2. The van der Waals surface area contributed by atoms with Crippen molar-refractivity contribution >= 4 is 45.2 Å². The van der Waals surface area contributed by atoms with Gasteiger partial charge in [-0.2, -0.15) is 9.38 Å². The molecule has 1 saturated heterocycles. The minimum Gasteiger partial charge on any atom is -0.358 e. The zero-order valence-electron chi connectivity index (χ0n) is 15.4. The van der Waals surface area contributed by atoms with E-state index >= 15 is 0 Å². The van der Waals surface area contributed by atoms with Gasteiger partial charge in [-0.1, -0.05) is 22.9 Å². The fourth-order valence-electron chi connectivity index (χ4n) is 3.81. The van der Waals surface area contributed by atoms with E-state index in [9.17, 15) is 10.1 Å². The number of nitrogens with zero attached hydrogens (tertiary/aromatic N) is 7. The fourth-order valence-corrected chi connectivity index (χ4v) is 4.68. The van der Waals surface area contributed by atoms with E-state index in [0.717, 1.165) is 43.9 Å². The van der Waals surface area contributed by atoms with Gasteiger partial charge in [0.15, 0.2) is 0 Å². The minimum absolute atomic E-state index is 0.0481. The molecular weight excluding hydrogens is 414 g/mol. The molecule has 0 aliphatic carbocycles. The zero-order valence-corrected chi connectivity index (χ0v) is 17.0.